The molecule has 0 heterocycles. The first kappa shape index (κ1) is 36.5. The molecule has 50 heavy (non-hydrogen) atoms. The Morgan fingerprint density at radius 3 is 1.30 bits per heavy atom. The highest BCUT2D eigenvalue weighted by Crippen LogP contribution is 2.38. The molecule has 0 saturated carbocycles. The van der Waals surface area contributed by atoms with Gasteiger partial charge in [0.05, 0.1) is 0 Å². The lowest BCUT2D eigenvalue weighted by atomic mass is 9.81. The van der Waals surface area contributed by atoms with Gasteiger partial charge in [0.25, 0.3) is 0 Å². The molecular formula is C48H56P2. The molecule has 2 heteroatoms. The Morgan fingerprint density at radius 1 is 0.380 bits per heavy atom. The van der Waals surface area contributed by atoms with Gasteiger partial charge in [-0.25, -0.2) is 0 Å². The van der Waals surface area contributed by atoms with Crippen LogP contribution in [0, 0.1) is 0 Å². The second-order valence-electron chi connectivity index (χ2n) is 18.3. The monoisotopic (exact) mass is 694 g/mol. The maximum Gasteiger partial charge on any atom is -0.00150 e. The number of hydrogen-bond donors (Lipinski definition) is 0. The first-order valence-corrected chi connectivity index (χ1v) is 20.2. The van der Waals surface area contributed by atoms with Gasteiger partial charge in [-0.15, -0.1) is 0 Å². The first-order chi connectivity index (χ1) is 23.3. The van der Waals surface area contributed by atoms with E-state index in [2.05, 4.69) is 192 Å². The predicted molar refractivity (Wildman–Crippen MR) is 230 cm³/mol. The van der Waals surface area contributed by atoms with Crippen molar-refractivity contribution in [1.29, 1.82) is 0 Å². The minimum atomic E-state index is 0.0592. The molecule has 6 aromatic rings. The van der Waals surface area contributed by atoms with Gasteiger partial charge in [-0.2, -0.15) is 0 Å². The third kappa shape index (κ3) is 7.79. The summed E-state index contributed by atoms with van der Waals surface area (Å²) in [5.41, 5.74) is 8.63. The van der Waals surface area contributed by atoms with Gasteiger partial charge in [-0.05, 0) is 104 Å². The minimum absolute atomic E-state index is 0.0592. The van der Waals surface area contributed by atoms with Crippen molar-refractivity contribution >= 4 is 59.9 Å². The van der Waals surface area contributed by atoms with Crippen molar-refractivity contribution in [3.63, 3.8) is 0 Å². The van der Waals surface area contributed by atoms with Gasteiger partial charge in [-0.3, -0.25) is 0 Å². The number of fused-ring (bicyclic) bond motifs is 2. The van der Waals surface area contributed by atoms with Crippen LogP contribution >= 0.6 is 17.2 Å². The molecule has 0 bridgehead atoms. The van der Waals surface area contributed by atoms with Crippen LogP contribution in [0.3, 0.4) is 0 Å². The van der Waals surface area contributed by atoms with E-state index < -0.39 is 0 Å². The molecule has 0 fully saturated rings. The molecule has 0 radical (unpaired) electrons. The highest BCUT2D eigenvalue weighted by atomic mass is 31.1. The molecule has 2 unspecified atom stereocenters. The molecule has 0 aliphatic rings. The van der Waals surface area contributed by atoms with Gasteiger partial charge < -0.3 is 0 Å². The fraction of sp³-hybridized carbons (Fsp3) is 0.333. The van der Waals surface area contributed by atoms with Crippen LogP contribution in [0.2, 0.25) is 0 Å². The number of rotatable bonds is 5. The summed E-state index contributed by atoms with van der Waals surface area (Å²) in [5.74, 6) is 0. The Labute approximate surface area is 306 Å². The van der Waals surface area contributed by atoms with E-state index in [-0.39, 0.29) is 21.7 Å². The second kappa shape index (κ2) is 13.4. The Morgan fingerprint density at radius 2 is 0.800 bits per heavy atom. The normalized spacial score (nSPS) is 13.4. The molecule has 0 amide bonds. The van der Waals surface area contributed by atoms with Gasteiger partial charge in [0.2, 0.25) is 0 Å². The van der Waals surface area contributed by atoms with Crippen molar-refractivity contribution in [1.82, 2.24) is 0 Å². The van der Waals surface area contributed by atoms with Gasteiger partial charge in [0.15, 0.2) is 0 Å². The zero-order valence-corrected chi connectivity index (χ0v) is 34.4. The highest BCUT2D eigenvalue weighted by Gasteiger charge is 2.25. The van der Waals surface area contributed by atoms with E-state index >= 15 is 0 Å². The third-order valence-electron chi connectivity index (χ3n) is 9.99. The van der Waals surface area contributed by atoms with Crippen LogP contribution in [0.25, 0.3) is 32.7 Å². The quantitative estimate of drug-likeness (QED) is 0.158. The molecule has 6 rings (SSSR count). The third-order valence-corrected chi connectivity index (χ3v) is 12.8. The molecule has 0 N–H and O–H groups in total. The average molecular weight is 695 g/mol. The molecule has 258 valence electrons. The largest absolute Gasteiger partial charge is 0.0616 e. The van der Waals surface area contributed by atoms with Crippen LogP contribution in [-0.2, 0) is 21.7 Å². The summed E-state index contributed by atoms with van der Waals surface area (Å²) in [5, 5.41) is 11.0. The molecule has 0 nitrogen and oxygen atoms in total. The summed E-state index contributed by atoms with van der Waals surface area (Å²) < 4.78 is 0. The fourth-order valence-corrected chi connectivity index (χ4v) is 9.69. The number of benzene rings is 6. The Bertz CT molecular complexity index is 2120. The van der Waals surface area contributed by atoms with Crippen LogP contribution < -0.4 is 21.2 Å². The first-order valence-electron chi connectivity index (χ1n) is 18.2. The Balaban J connectivity index is 1.68. The summed E-state index contributed by atoms with van der Waals surface area (Å²) in [6, 6.07) is 42.2. The molecule has 0 aromatic heterocycles. The molecule has 0 saturated heterocycles. The predicted octanol–water partition coefficient (Wildman–Crippen LogP) is 12.1. The van der Waals surface area contributed by atoms with Crippen molar-refractivity contribution in [2.75, 3.05) is 0 Å². The smallest absolute Gasteiger partial charge is 0.00150 e. The van der Waals surface area contributed by atoms with Gasteiger partial charge >= 0.3 is 0 Å². The van der Waals surface area contributed by atoms with Crippen LogP contribution in [0.1, 0.15) is 105 Å². The van der Waals surface area contributed by atoms with E-state index in [9.17, 15) is 0 Å². The summed E-state index contributed by atoms with van der Waals surface area (Å²) in [7, 11) is 1.06. The Kier molecular flexibility index (Phi) is 9.74. The zero-order valence-electron chi connectivity index (χ0n) is 32.4. The fourth-order valence-electron chi connectivity index (χ4n) is 6.73. The molecule has 6 aromatic carbocycles. The zero-order chi connectivity index (χ0) is 36.2. The van der Waals surface area contributed by atoms with Crippen LogP contribution in [0.5, 0.6) is 0 Å². The van der Waals surface area contributed by atoms with Crippen molar-refractivity contribution in [3.05, 3.63) is 131 Å². The lowest BCUT2D eigenvalue weighted by Crippen LogP contribution is -2.26. The van der Waals surface area contributed by atoms with Crippen molar-refractivity contribution < 1.29 is 0 Å². The molecule has 2 atom stereocenters. The maximum absolute atomic E-state index is 2.52. The Hall–Kier alpha value is -3.30. The van der Waals surface area contributed by atoms with E-state index in [4.69, 9.17) is 0 Å². The van der Waals surface area contributed by atoms with Crippen molar-refractivity contribution in [2.45, 2.75) is 105 Å². The van der Waals surface area contributed by atoms with E-state index in [0.29, 0.717) is 17.2 Å². The van der Waals surface area contributed by atoms with Crippen LogP contribution in [0.4, 0.5) is 0 Å². The van der Waals surface area contributed by atoms with Crippen LogP contribution in [-0.4, -0.2) is 0 Å². The molecule has 0 aliphatic heterocycles. The summed E-state index contributed by atoms with van der Waals surface area (Å²) in [4.78, 5) is 0. The minimum Gasteiger partial charge on any atom is -0.0616 e. The van der Waals surface area contributed by atoms with E-state index in [0.717, 1.165) is 0 Å². The van der Waals surface area contributed by atoms with Gasteiger partial charge in [0.1, 0.15) is 0 Å². The highest BCUT2D eigenvalue weighted by molar-refractivity contribution is 7.62. The van der Waals surface area contributed by atoms with E-state index in [1.807, 2.05) is 0 Å². The van der Waals surface area contributed by atoms with E-state index in [1.54, 1.807) is 0 Å². The topological polar surface area (TPSA) is 0 Å². The molecular weight excluding hydrogens is 638 g/mol. The lowest BCUT2D eigenvalue weighted by molar-refractivity contribution is 0.569. The average Bonchev–Trinajstić information content (AvgIpc) is 3.03. The second-order valence-corrected chi connectivity index (χ2v) is 21.0. The summed E-state index contributed by atoms with van der Waals surface area (Å²) in [6.07, 6.45) is 0. The summed E-state index contributed by atoms with van der Waals surface area (Å²) >= 11 is 0. The lowest BCUT2D eigenvalue weighted by Gasteiger charge is -2.28. The molecule has 0 aliphatic carbocycles. The van der Waals surface area contributed by atoms with Gasteiger partial charge in [0, 0.05) is 0 Å². The SMILES string of the molecule is CC(C)(C)c1cc(Pc2cc3ccccc3c(-c3cccc4ccccc34)c2Pc2cc(C(C)(C)C)cc(C(C)(C)C)c2)cc(C(C)(C)C)c1. The maximum atomic E-state index is 2.52. The standard InChI is InChI=1S/C48H56P2/c1-45(2,3)33-25-34(46(4,5)6)28-37(27-33)49-42-24-32-19-14-16-22-40(32)43(41-23-17-20-31-18-13-15-21-39(31)41)44(42)50-38-29-35(47(7,8)9)26-36(30-38)48(10,11)12/h13-30,49-50H,1-12H3. The number of hydrogen-bond acceptors (Lipinski definition) is 0. The van der Waals surface area contributed by atoms with Crippen molar-refractivity contribution in [3.8, 4) is 11.1 Å². The van der Waals surface area contributed by atoms with E-state index in [1.165, 1.54) is 76.1 Å². The van der Waals surface area contributed by atoms with Crippen LogP contribution in [0.15, 0.2) is 109 Å². The molecule has 0 spiro atoms. The van der Waals surface area contributed by atoms with Crippen molar-refractivity contribution in [2.24, 2.45) is 0 Å². The summed E-state index contributed by atoms with van der Waals surface area (Å²) in [6.45, 7) is 28.2. The van der Waals surface area contributed by atoms with Gasteiger partial charge in [-0.1, -0.05) is 203 Å².